The summed E-state index contributed by atoms with van der Waals surface area (Å²) in [4.78, 5) is 0. The Morgan fingerprint density at radius 1 is 1.00 bits per heavy atom. The van der Waals surface area contributed by atoms with Crippen molar-refractivity contribution in [3.05, 3.63) is 59.2 Å². The Hall–Kier alpha value is -2.04. The third-order valence-electron chi connectivity index (χ3n) is 5.47. The van der Waals surface area contributed by atoms with Crippen LogP contribution in [-0.2, 0) is 21.4 Å². The van der Waals surface area contributed by atoms with Crippen LogP contribution >= 0.6 is 0 Å². The zero-order chi connectivity index (χ0) is 20.5. The van der Waals surface area contributed by atoms with Crippen molar-refractivity contribution >= 4 is 5.69 Å². The van der Waals surface area contributed by atoms with Crippen LogP contribution in [0.15, 0.2) is 42.5 Å². The van der Waals surface area contributed by atoms with Crippen LogP contribution in [0.3, 0.4) is 0 Å². The molecule has 1 N–H and O–H groups in total. The molecule has 0 aliphatic carbocycles. The van der Waals surface area contributed by atoms with E-state index in [0.29, 0.717) is 0 Å². The molecule has 2 aromatic rings. The van der Waals surface area contributed by atoms with Gasteiger partial charge in [-0.2, -0.15) is 0 Å². The van der Waals surface area contributed by atoms with Gasteiger partial charge in [-0.1, -0.05) is 45.0 Å². The fraction of sp³-hybridized carbons (Fsp3) is 0.500. The average molecular weight is 384 g/mol. The standard InChI is InChI=1S/C24H33NO3/c1-23(2,3)17-10-8-16(9-11-17)15-25-18-12-13-20-19(14-18)21(26-6)22(27-7)24(4,5)28-20/h8-14,21-22,25H,15H2,1-7H3. The van der Waals surface area contributed by atoms with Crippen molar-refractivity contribution in [3.63, 3.8) is 0 Å². The van der Waals surface area contributed by atoms with Gasteiger partial charge in [-0.3, -0.25) is 0 Å². The molecule has 3 rings (SSSR count). The second kappa shape index (κ2) is 7.76. The Morgan fingerprint density at radius 2 is 1.68 bits per heavy atom. The topological polar surface area (TPSA) is 39.7 Å². The van der Waals surface area contributed by atoms with Gasteiger partial charge < -0.3 is 19.5 Å². The zero-order valence-electron chi connectivity index (χ0n) is 18.1. The highest BCUT2D eigenvalue weighted by Gasteiger charge is 2.44. The van der Waals surface area contributed by atoms with Crippen LogP contribution < -0.4 is 10.1 Å². The summed E-state index contributed by atoms with van der Waals surface area (Å²) in [5.74, 6) is 0.852. The predicted octanol–water partition coefficient (Wildman–Crippen LogP) is 5.47. The number of rotatable bonds is 5. The van der Waals surface area contributed by atoms with Gasteiger partial charge in [-0.05, 0) is 48.6 Å². The van der Waals surface area contributed by atoms with E-state index >= 15 is 0 Å². The lowest BCUT2D eigenvalue weighted by atomic mass is 9.87. The fourth-order valence-electron chi connectivity index (χ4n) is 3.83. The second-order valence-electron chi connectivity index (χ2n) is 9.07. The highest BCUT2D eigenvalue weighted by Crippen LogP contribution is 2.43. The zero-order valence-corrected chi connectivity index (χ0v) is 18.1. The lowest BCUT2D eigenvalue weighted by molar-refractivity contribution is -0.140. The molecule has 0 spiro atoms. The molecule has 2 atom stereocenters. The normalized spacial score (nSPS) is 21.0. The lowest BCUT2D eigenvalue weighted by Gasteiger charge is -2.43. The van der Waals surface area contributed by atoms with Crippen LogP contribution in [0.1, 0.15) is 57.4 Å². The summed E-state index contributed by atoms with van der Waals surface area (Å²) in [6, 6.07) is 15.0. The fourth-order valence-corrected chi connectivity index (χ4v) is 3.83. The van der Waals surface area contributed by atoms with E-state index in [9.17, 15) is 0 Å². The minimum atomic E-state index is -0.452. The molecule has 0 bridgehead atoms. The largest absolute Gasteiger partial charge is 0.485 e. The molecule has 4 nitrogen and oxygen atoms in total. The van der Waals surface area contributed by atoms with Crippen LogP contribution in [0.5, 0.6) is 5.75 Å². The van der Waals surface area contributed by atoms with Crippen LogP contribution in [0.4, 0.5) is 5.69 Å². The van der Waals surface area contributed by atoms with E-state index in [4.69, 9.17) is 14.2 Å². The van der Waals surface area contributed by atoms with Crippen molar-refractivity contribution in [2.75, 3.05) is 19.5 Å². The number of methoxy groups -OCH3 is 2. The van der Waals surface area contributed by atoms with Gasteiger partial charge in [-0.25, -0.2) is 0 Å². The maximum atomic E-state index is 6.18. The number of hydrogen-bond donors (Lipinski definition) is 1. The summed E-state index contributed by atoms with van der Waals surface area (Å²) >= 11 is 0. The molecular weight excluding hydrogens is 350 g/mol. The first kappa shape index (κ1) is 20.7. The molecule has 152 valence electrons. The summed E-state index contributed by atoms with van der Waals surface area (Å²) in [5.41, 5.74) is 4.37. The summed E-state index contributed by atoms with van der Waals surface area (Å²) < 4.78 is 17.7. The first-order chi connectivity index (χ1) is 13.2. The third-order valence-corrected chi connectivity index (χ3v) is 5.47. The van der Waals surface area contributed by atoms with Crippen molar-refractivity contribution in [2.24, 2.45) is 0 Å². The van der Waals surface area contributed by atoms with Gasteiger partial charge in [0.2, 0.25) is 0 Å². The van der Waals surface area contributed by atoms with E-state index in [0.717, 1.165) is 23.5 Å². The molecular formula is C24H33NO3. The van der Waals surface area contributed by atoms with Crippen molar-refractivity contribution in [1.29, 1.82) is 0 Å². The number of benzene rings is 2. The summed E-state index contributed by atoms with van der Waals surface area (Å²) in [6.45, 7) is 11.5. The molecule has 0 amide bonds. The monoisotopic (exact) mass is 383 g/mol. The predicted molar refractivity (Wildman–Crippen MR) is 114 cm³/mol. The number of hydrogen-bond acceptors (Lipinski definition) is 4. The van der Waals surface area contributed by atoms with Crippen LogP contribution in [0, 0.1) is 0 Å². The van der Waals surface area contributed by atoms with Crippen molar-refractivity contribution < 1.29 is 14.2 Å². The van der Waals surface area contributed by atoms with E-state index in [1.165, 1.54) is 11.1 Å². The van der Waals surface area contributed by atoms with Gasteiger partial charge >= 0.3 is 0 Å². The van der Waals surface area contributed by atoms with E-state index in [2.05, 4.69) is 62.5 Å². The molecule has 1 heterocycles. The van der Waals surface area contributed by atoms with Crippen LogP contribution in [0.2, 0.25) is 0 Å². The molecule has 0 radical (unpaired) electrons. The molecule has 0 aromatic heterocycles. The van der Waals surface area contributed by atoms with Crippen molar-refractivity contribution in [2.45, 2.75) is 64.4 Å². The molecule has 2 unspecified atom stereocenters. The Labute approximate surface area is 169 Å². The minimum absolute atomic E-state index is 0.170. The minimum Gasteiger partial charge on any atom is -0.485 e. The first-order valence-corrected chi connectivity index (χ1v) is 9.87. The molecule has 0 fully saturated rings. The second-order valence-corrected chi connectivity index (χ2v) is 9.07. The maximum Gasteiger partial charge on any atom is 0.132 e. The van der Waals surface area contributed by atoms with E-state index in [1.807, 2.05) is 19.9 Å². The molecule has 28 heavy (non-hydrogen) atoms. The molecule has 0 saturated heterocycles. The summed E-state index contributed by atoms with van der Waals surface area (Å²) in [5, 5.41) is 3.52. The van der Waals surface area contributed by atoms with E-state index in [1.54, 1.807) is 14.2 Å². The van der Waals surface area contributed by atoms with Crippen LogP contribution in [-0.4, -0.2) is 25.9 Å². The Kier molecular flexibility index (Phi) is 5.74. The Bertz CT molecular complexity index is 806. The van der Waals surface area contributed by atoms with Gasteiger partial charge in [0, 0.05) is 32.0 Å². The third kappa shape index (κ3) is 4.18. The summed E-state index contributed by atoms with van der Waals surface area (Å²) in [7, 11) is 3.43. The number of fused-ring (bicyclic) bond motifs is 1. The first-order valence-electron chi connectivity index (χ1n) is 9.87. The highest BCUT2D eigenvalue weighted by molar-refractivity contribution is 5.54. The Morgan fingerprint density at radius 3 is 2.25 bits per heavy atom. The maximum absolute atomic E-state index is 6.18. The smallest absolute Gasteiger partial charge is 0.132 e. The Balaban J connectivity index is 1.77. The molecule has 0 saturated carbocycles. The van der Waals surface area contributed by atoms with Gasteiger partial charge in [0.1, 0.15) is 23.6 Å². The molecule has 4 heteroatoms. The number of nitrogens with one attached hydrogen (secondary N) is 1. The quantitative estimate of drug-likeness (QED) is 0.743. The van der Waals surface area contributed by atoms with Gasteiger partial charge in [-0.15, -0.1) is 0 Å². The lowest BCUT2D eigenvalue weighted by Crippen LogP contribution is -2.50. The number of ether oxygens (including phenoxy) is 3. The van der Waals surface area contributed by atoms with E-state index in [-0.39, 0.29) is 17.6 Å². The average Bonchev–Trinajstić information content (AvgIpc) is 2.64. The SMILES string of the molecule is COC1c2cc(NCc3ccc(C(C)(C)C)cc3)ccc2OC(C)(C)C1OC. The van der Waals surface area contributed by atoms with Gasteiger partial charge in [0.25, 0.3) is 0 Å². The summed E-state index contributed by atoms with van der Waals surface area (Å²) in [6.07, 6.45) is -0.346. The number of anilines is 1. The van der Waals surface area contributed by atoms with E-state index < -0.39 is 5.60 Å². The van der Waals surface area contributed by atoms with Crippen molar-refractivity contribution in [1.82, 2.24) is 0 Å². The van der Waals surface area contributed by atoms with Crippen LogP contribution in [0.25, 0.3) is 0 Å². The molecule has 2 aromatic carbocycles. The van der Waals surface area contributed by atoms with Gasteiger partial charge in [0.05, 0.1) is 0 Å². The molecule has 1 aliphatic rings. The highest BCUT2D eigenvalue weighted by atomic mass is 16.6. The van der Waals surface area contributed by atoms with Crippen molar-refractivity contribution in [3.8, 4) is 5.75 Å². The van der Waals surface area contributed by atoms with Gasteiger partial charge in [0.15, 0.2) is 0 Å². The molecule has 1 aliphatic heterocycles.